The SMILES string of the molecule is O=C(O)N1C[C@H]2CC(c3ccc(CCCOc4c(F)ccc(F)c4F)cc3)=C(C(=O)N(CCc3cccc(F)c3F)C3CC3)[C@@H](C1)N2C(=O)O. The van der Waals surface area contributed by atoms with E-state index in [1.54, 1.807) is 29.2 Å². The number of hydrogen-bond donors (Lipinski definition) is 2. The first-order valence-electron chi connectivity index (χ1n) is 16.3. The normalized spacial score (nSPS) is 18.7. The van der Waals surface area contributed by atoms with Crippen LogP contribution in [0.25, 0.3) is 5.57 Å². The van der Waals surface area contributed by atoms with Crippen LogP contribution in [0.15, 0.2) is 60.2 Å². The van der Waals surface area contributed by atoms with Crippen molar-refractivity contribution >= 4 is 23.7 Å². The van der Waals surface area contributed by atoms with Gasteiger partial charge in [-0.1, -0.05) is 36.4 Å². The number of amides is 3. The van der Waals surface area contributed by atoms with Crippen LogP contribution in [0.4, 0.5) is 31.5 Å². The molecule has 2 atom stereocenters. The zero-order valence-electron chi connectivity index (χ0n) is 26.8. The van der Waals surface area contributed by atoms with E-state index < -0.39 is 65.0 Å². The molecule has 0 unspecified atom stereocenters. The van der Waals surface area contributed by atoms with E-state index in [-0.39, 0.29) is 56.3 Å². The lowest BCUT2D eigenvalue weighted by molar-refractivity contribution is -0.128. The molecule has 3 amide bonds. The average Bonchev–Trinajstić information content (AvgIpc) is 3.93. The Morgan fingerprint density at radius 2 is 1.52 bits per heavy atom. The largest absolute Gasteiger partial charge is 0.488 e. The lowest BCUT2D eigenvalue weighted by atomic mass is 9.81. The van der Waals surface area contributed by atoms with Gasteiger partial charge in [-0.3, -0.25) is 9.69 Å². The van der Waals surface area contributed by atoms with E-state index in [0.717, 1.165) is 27.5 Å². The number of benzene rings is 3. The van der Waals surface area contributed by atoms with Crippen molar-refractivity contribution in [1.29, 1.82) is 0 Å². The molecule has 3 aromatic carbocycles. The number of carbonyl (C=O) groups is 3. The number of halogens is 5. The maximum absolute atomic E-state index is 14.5. The van der Waals surface area contributed by atoms with Gasteiger partial charge in [-0.2, -0.15) is 4.39 Å². The smallest absolute Gasteiger partial charge is 0.408 e. The fourth-order valence-electron chi connectivity index (χ4n) is 6.84. The third-order valence-electron chi connectivity index (χ3n) is 9.44. The maximum Gasteiger partial charge on any atom is 0.408 e. The Hall–Kier alpha value is -5.14. The van der Waals surface area contributed by atoms with Crippen LogP contribution >= 0.6 is 0 Å². The number of rotatable bonds is 11. The molecule has 14 heteroatoms. The highest BCUT2D eigenvalue weighted by molar-refractivity contribution is 6.04. The molecule has 2 heterocycles. The van der Waals surface area contributed by atoms with E-state index in [2.05, 4.69) is 0 Å². The fourth-order valence-corrected chi connectivity index (χ4v) is 6.84. The summed E-state index contributed by atoms with van der Waals surface area (Å²) < 4.78 is 74.9. The number of carbonyl (C=O) groups excluding carboxylic acids is 1. The third-order valence-corrected chi connectivity index (χ3v) is 9.44. The van der Waals surface area contributed by atoms with Crippen molar-refractivity contribution in [1.82, 2.24) is 14.7 Å². The maximum atomic E-state index is 14.5. The Kier molecular flexibility index (Phi) is 9.98. The van der Waals surface area contributed by atoms with Gasteiger partial charge in [0.2, 0.25) is 5.82 Å². The van der Waals surface area contributed by atoms with Gasteiger partial charge < -0.3 is 24.7 Å². The van der Waals surface area contributed by atoms with Crippen molar-refractivity contribution in [2.45, 2.75) is 56.7 Å². The number of fused-ring (bicyclic) bond motifs is 2. The van der Waals surface area contributed by atoms with E-state index in [1.165, 1.54) is 12.1 Å². The van der Waals surface area contributed by atoms with E-state index >= 15 is 0 Å². The number of nitrogens with zero attached hydrogens (tertiary/aromatic N) is 3. The van der Waals surface area contributed by atoms with Crippen molar-refractivity contribution in [2.75, 3.05) is 26.2 Å². The zero-order chi connectivity index (χ0) is 35.7. The van der Waals surface area contributed by atoms with Crippen molar-refractivity contribution in [2.24, 2.45) is 0 Å². The van der Waals surface area contributed by atoms with Crippen molar-refractivity contribution in [3.05, 3.63) is 106 Å². The number of hydrogen-bond acceptors (Lipinski definition) is 4. The molecule has 50 heavy (non-hydrogen) atoms. The van der Waals surface area contributed by atoms with Gasteiger partial charge in [0.05, 0.1) is 18.7 Å². The fraction of sp³-hybridized carbons (Fsp3) is 0.361. The summed E-state index contributed by atoms with van der Waals surface area (Å²) in [7, 11) is 0. The predicted molar refractivity (Wildman–Crippen MR) is 170 cm³/mol. The molecular weight excluding hydrogens is 665 g/mol. The van der Waals surface area contributed by atoms with E-state index in [1.807, 2.05) is 0 Å². The molecule has 0 aromatic heterocycles. The standard InChI is InChI=1S/C36H34F5N3O6/c37-26-5-1-4-22(31(26)40)14-15-43(23-10-11-23)34(45)30-25(17-24-18-42(35(46)47)19-29(30)44(24)36(48)49)21-8-6-20(7-9-21)3-2-16-50-33-28(39)13-12-27(38)32(33)41/h1,4-9,12-13,23-24,29H,2-3,10-11,14-19H2,(H,46,47)(H,48,49)/t24-,29-/m1/s1. The lowest BCUT2D eigenvalue weighted by Crippen LogP contribution is -2.65. The number of carboxylic acid groups (broad SMARTS) is 2. The van der Waals surface area contributed by atoms with Gasteiger partial charge in [-0.25, -0.2) is 27.2 Å². The molecule has 3 aromatic rings. The van der Waals surface area contributed by atoms with Crippen LogP contribution in [0.3, 0.4) is 0 Å². The van der Waals surface area contributed by atoms with Crippen LogP contribution in [-0.2, 0) is 17.6 Å². The van der Waals surface area contributed by atoms with Gasteiger partial charge in [0.25, 0.3) is 5.91 Å². The van der Waals surface area contributed by atoms with Gasteiger partial charge in [0.1, 0.15) is 0 Å². The Morgan fingerprint density at radius 1 is 0.820 bits per heavy atom. The summed E-state index contributed by atoms with van der Waals surface area (Å²) >= 11 is 0. The number of ether oxygens (including phenoxy) is 1. The molecule has 2 N–H and O–H groups in total. The molecule has 1 saturated heterocycles. The first-order chi connectivity index (χ1) is 23.9. The van der Waals surface area contributed by atoms with Gasteiger partial charge in [0, 0.05) is 31.2 Å². The topological polar surface area (TPSA) is 111 Å². The van der Waals surface area contributed by atoms with Gasteiger partial charge in [-0.05, 0) is 79.0 Å². The quantitative estimate of drug-likeness (QED) is 0.135. The highest BCUT2D eigenvalue weighted by Gasteiger charge is 2.49. The average molecular weight is 700 g/mol. The second kappa shape index (κ2) is 14.4. The van der Waals surface area contributed by atoms with Crippen LogP contribution in [0.5, 0.6) is 5.75 Å². The Bertz CT molecular complexity index is 1830. The van der Waals surface area contributed by atoms with Crippen LogP contribution < -0.4 is 4.74 Å². The molecular formula is C36H34F5N3O6. The minimum absolute atomic E-state index is 0.0164. The molecule has 2 aliphatic heterocycles. The van der Waals surface area contributed by atoms with E-state index in [4.69, 9.17) is 4.74 Å². The summed E-state index contributed by atoms with van der Waals surface area (Å²) in [6.07, 6.45) is -0.331. The number of aryl methyl sites for hydroxylation is 1. The first kappa shape index (κ1) is 34.7. The van der Waals surface area contributed by atoms with Crippen LogP contribution in [0.1, 0.15) is 42.4 Å². The van der Waals surface area contributed by atoms with Crippen LogP contribution in [0.2, 0.25) is 0 Å². The Balaban J connectivity index is 1.27. The molecule has 0 radical (unpaired) electrons. The Labute approximate surface area is 284 Å². The van der Waals surface area contributed by atoms with Gasteiger partial charge in [0.15, 0.2) is 29.0 Å². The first-order valence-corrected chi connectivity index (χ1v) is 16.3. The summed E-state index contributed by atoms with van der Waals surface area (Å²) in [5, 5.41) is 20.0. The van der Waals surface area contributed by atoms with Crippen molar-refractivity contribution in [3.63, 3.8) is 0 Å². The number of piperazine rings is 1. The Morgan fingerprint density at radius 3 is 2.20 bits per heavy atom. The van der Waals surface area contributed by atoms with E-state index in [0.29, 0.717) is 42.9 Å². The summed E-state index contributed by atoms with van der Waals surface area (Å²) in [4.78, 5) is 42.9. The van der Waals surface area contributed by atoms with Gasteiger partial charge >= 0.3 is 12.2 Å². The minimum Gasteiger partial charge on any atom is -0.488 e. The lowest BCUT2D eigenvalue weighted by Gasteiger charge is -2.49. The van der Waals surface area contributed by atoms with Gasteiger partial charge in [-0.15, -0.1) is 0 Å². The molecule has 2 fully saturated rings. The summed E-state index contributed by atoms with van der Waals surface area (Å²) in [5.41, 5.74) is 2.26. The second-order valence-corrected chi connectivity index (χ2v) is 12.7. The molecule has 1 aliphatic carbocycles. The second-order valence-electron chi connectivity index (χ2n) is 12.7. The highest BCUT2D eigenvalue weighted by Crippen LogP contribution is 2.41. The summed E-state index contributed by atoms with van der Waals surface area (Å²) in [6.45, 7) is -0.395. The molecule has 3 aliphatic rings. The van der Waals surface area contributed by atoms with Crippen LogP contribution in [-0.4, -0.2) is 87.4 Å². The summed E-state index contributed by atoms with van der Waals surface area (Å²) in [5.74, 6) is -6.92. The minimum atomic E-state index is -1.40. The molecule has 2 bridgehead atoms. The molecule has 264 valence electrons. The monoisotopic (exact) mass is 699 g/mol. The van der Waals surface area contributed by atoms with Crippen molar-refractivity contribution < 1.29 is 51.3 Å². The van der Waals surface area contributed by atoms with E-state index in [9.17, 15) is 46.5 Å². The zero-order valence-corrected chi connectivity index (χ0v) is 26.8. The molecule has 1 saturated carbocycles. The molecule has 9 nitrogen and oxygen atoms in total. The third kappa shape index (κ3) is 7.10. The highest BCUT2D eigenvalue weighted by atomic mass is 19.2. The molecule has 6 rings (SSSR count). The predicted octanol–water partition coefficient (Wildman–Crippen LogP) is 6.50. The van der Waals surface area contributed by atoms with Crippen LogP contribution in [0, 0.1) is 29.1 Å². The molecule has 0 spiro atoms. The van der Waals surface area contributed by atoms with Crippen molar-refractivity contribution in [3.8, 4) is 5.75 Å². The summed E-state index contributed by atoms with van der Waals surface area (Å²) in [6, 6.07) is 10.4.